The van der Waals surface area contributed by atoms with Crippen molar-refractivity contribution in [3.8, 4) is 17.0 Å². The quantitative estimate of drug-likeness (QED) is 0.849. The van der Waals surface area contributed by atoms with Crippen LogP contribution in [0, 0.1) is 0 Å². The lowest BCUT2D eigenvalue weighted by Crippen LogP contribution is -2.06. The van der Waals surface area contributed by atoms with E-state index >= 15 is 0 Å². The average Bonchev–Trinajstić information content (AvgIpc) is 2.38. The van der Waals surface area contributed by atoms with Gasteiger partial charge in [0.25, 0.3) is 0 Å². The lowest BCUT2D eigenvalue weighted by molar-refractivity contribution is -0.137. The number of aromatic nitrogens is 1. The highest BCUT2D eigenvalue weighted by Gasteiger charge is 2.31. The van der Waals surface area contributed by atoms with Crippen molar-refractivity contribution in [1.29, 1.82) is 0 Å². The topological polar surface area (TPSA) is 48.1 Å². The van der Waals surface area contributed by atoms with Gasteiger partial charge in [-0.3, -0.25) is 0 Å². The number of anilines is 1. The Bertz CT molecular complexity index is 597. The normalized spacial score (nSPS) is 11.4. The highest BCUT2D eigenvalue weighted by molar-refractivity contribution is 5.80. The first kappa shape index (κ1) is 13.2. The minimum absolute atomic E-state index is 0.230. The summed E-state index contributed by atoms with van der Waals surface area (Å²) in [6.07, 6.45) is -2.93. The van der Waals surface area contributed by atoms with Crippen molar-refractivity contribution in [3.63, 3.8) is 0 Å². The highest BCUT2D eigenvalue weighted by Crippen LogP contribution is 2.37. The van der Waals surface area contributed by atoms with Crippen LogP contribution in [0.5, 0.6) is 5.88 Å². The van der Waals surface area contributed by atoms with Crippen LogP contribution in [0.1, 0.15) is 5.56 Å². The summed E-state index contributed by atoms with van der Waals surface area (Å²) in [5.74, 6) is 0.230. The molecule has 0 aliphatic heterocycles. The summed E-state index contributed by atoms with van der Waals surface area (Å²) in [6.45, 7) is 0. The van der Waals surface area contributed by atoms with Crippen LogP contribution >= 0.6 is 0 Å². The molecule has 0 amide bonds. The zero-order valence-electron chi connectivity index (χ0n) is 10.0. The van der Waals surface area contributed by atoms with E-state index in [1.807, 2.05) is 0 Å². The Labute approximate surface area is 107 Å². The molecule has 0 aliphatic rings. The Hall–Kier alpha value is -2.24. The second kappa shape index (κ2) is 4.79. The Morgan fingerprint density at radius 2 is 1.89 bits per heavy atom. The maximum absolute atomic E-state index is 12.7. The van der Waals surface area contributed by atoms with E-state index in [1.165, 1.54) is 19.4 Å². The van der Waals surface area contributed by atoms with Crippen molar-refractivity contribution in [2.45, 2.75) is 6.18 Å². The van der Waals surface area contributed by atoms with E-state index in [0.717, 1.165) is 12.1 Å². The molecular weight excluding hydrogens is 257 g/mol. The number of nitrogen functional groups attached to an aromatic ring is 1. The summed E-state index contributed by atoms with van der Waals surface area (Å²) in [4.78, 5) is 3.95. The standard InChI is InChI=1S/C13H11F3N2O/c1-19-12-9(3-2-6-18-12)10-7-8(13(14,15)16)4-5-11(10)17/h2-7H,17H2,1H3. The fraction of sp³-hybridized carbons (Fsp3) is 0.154. The van der Waals surface area contributed by atoms with E-state index < -0.39 is 11.7 Å². The number of ether oxygens (including phenoxy) is 1. The molecular formula is C13H11F3N2O. The minimum atomic E-state index is -4.42. The third kappa shape index (κ3) is 2.62. The van der Waals surface area contributed by atoms with Gasteiger partial charge in [0.2, 0.25) is 5.88 Å². The number of nitrogens with two attached hydrogens (primary N) is 1. The van der Waals surface area contributed by atoms with E-state index in [9.17, 15) is 13.2 Å². The molecule has 0 saturated heterocycles. The number of nitrogens with zero attached hydrogens (tertiary/aromatic N) is 1. The average molecular weight is 268 g/mol. The van der Waals surface area contributed by atoms with Gasteiger partial charge < -0.3 is 10.5 Å². The van der Waals surface area contributed by atoms with Crippen molar-refractivity contribution in [2.75, 3.05) is 12.8 Å². The minimum Gasteiger partial charge on any atom is -0.481 e. The van der Waals surface area contributed by atoms with Crippen LogP contribution in [0.2, 0.25) is 0 Å². The molecule has 1 aromatic heterocycles. The molecule has 0 fully saturated rings. The number of methoxy groups -OCH3 is 1. The fourth-order valence-electron chi connectivity index (χ4n) is 1.72. The third-order valence-corrected chi connectivity index (χ3v) is 2.64. The number of rotatable bonds is 2. The highest BCUT2D eigenvalue weighted by atomic mass is 19.4. The third-order valence-electron chi connectivity index (χ3n) is 2.64. The summed E-state index contributed by atoms with van der Waals surface area (Å²) >= 11 is 0. The van der Waals surface area contributed by atoms with Crippen molar-refractivity contribution in [1.82, 2.24) is 4.98 Å². The van der Waals surface area contributed by atoms with Gasteiger partial charge in [-0.2, -0.15) is 13.2 Å². The summed E-state index contributed by atoms with van der Waals surface area (Å²) < 4.78 is 43.2. The molecule has 0 aliphatic carbocycles. The first-order chi connectivity index (χ1) is 8.93. The molecule has 0 spiro atoms. The second-order valence-corrected chi connectivity index (χ2v) is 3.86. The lowest BCUT2D eigenvalue weighted by Gasteiger charge is -2.13. The van der Waals surface area contributed by atoms with Gasteiger partial charge in [-0.15, -0.1) is 0 Å². The molecule has 0 radical (unpaired) electrons. The molecule has 0 bridgehead atoms. The Morgan fingerprint density at radius 1 is 1.16 bits per heavy atom. The van der Waals surface area contributed by atoms with Gasteiger partial charge in [-0.05, 0) is 30.3 Å². The van der Waals surface area contributed by atoms with E-state index in [2.05, 4.69) is 4.98 Å². The fourth-order valence-corrected chi connectivity index (χ4v) is 1.72. The van der Waals surface area contributed by atoms with E-state index in [4.69, 9.17) is 10.5 Å². The number of hydrogen-bond acceptors (Lipinski definition) is 3. The van der Waals surface area contributed by atoms with Crippen LogP contribution in [0.3, 0.4) is 0 Å². The van der Waals surface area contributed by atoms with E-state index in [-0.39, 0.29) is 17.1 Å². The molecule has 2 aromatic rings. The van der Waals surface area contributed by atoms with Crippen molar-refractivity contribution < 1.29 is 17.9 Å². The number of hydrogen-bond donors (Lipinski definition) is 1. The number of benzene rings is 1. The van der Waals surface area contributed by atoms with E-state index in [0.29, 0.717) is 5.56 Å². The SMILES string of the molecule is COc1ncccc1-c1cc(C(F)(F)F)ccc1N. The zero-order valence-corrected chi connectivity index (χ0v) is 10.0. The molecule has 0 saturated carbocycles. The van der Waals surface area contributed by atoms with Crippen LogP contribution in [-0.4, -0.2) is 12.1 Å². The molecule has 6 heteroatoms. The first-order valence-corrected chi connectivity index (χ1v) is 5.39. The van der Waals surface area contributed by atoms with Crippen LogP contribution in [0.15, 0.2) is 36.5 Å². The van der Waals surface area contributed by atoms with Crippen LogP contribution in [-0.2, 0) is 6.18 Å². The molecule has 100 valence electrons. The second-order valence-electron chi connectivity index (χ2n) is 3.86. The molecule has 2 N–H and O–H groups in total. The van der Waals surface area contributed by atoms with Crippen LogP contribution < -0.4 is 10.5 Å². The molecule has 2 rings (SSSR count). The van der Waals surface area contributed by atoms with Gasteiger partial charge in [0.1, 0.15) is 0 Å². The van der Waals surface area contributed by atoms with Crippen LogP contribution in [0.25, 0.3) is 11.1 Å². The van der Waals surface area contributed by atoms with Crippen LogP contribution in [0.4, 0.5) is 18.9 Å². The Balaban J connectivity index is 2.61. The summed E-state index contributed by atoms with van der Waals surface area (Å²) in [5, 5.41) is 0. The van der Waals surface area contributed by atoms with Crippen molar-refractivity contribution >= 4 is 5.69 Å². The van der Waals surface area contributed by atoms with Gasteiger partial charge >= 0.3 is 6.18 Å². The van der Waals surface area contributed by atoms with Crippen molar-refractivity contribution in [3.05, 3.63) is 42.1 Å². The molecule has 0 unspecified atom stereocenters. The largest absolute Gasteiger partial charge is 0.481 e. The van der Waals surface area contributed by atoms with E-state index in [1.54, 1.807) is 12.1 Å². The molecule has 19 heavy (non-hydrogen) atoms. The maximum atomic E-state index is 12.7. The smallest absolute Gasteiger partial charge is 0.416 e. The molecule has 0 atom stereocenters. The van der Waals surface area contributed by atoms with Gasteiger partial charge in [-0.25, -0.2) is 4.98 Å². The molecule has 1 aromatic carbocycles. The van der Waals surface area contributed by atoms with Gasteiger partial charge in [0, 0.05) is 23.0 Å². The van der Waals surface area contributed by atoms with Gasteiger partial charge in [0.15, 0.2) is 0 Å². The van der Waals surface area contributed by atoms with Gasteiger partial charge in [0.05, 0.1) is 12.7 Å². The summed E-state index contributed by atoms with van der Waals surface area (Å²) in [5.41, 5.74) is 5.89. The predicted molar refractivity (Wildman–Crippen MR) is 65.6 cm³/mol. The Morgan fingerprint density at radius 3 is 2.53 bits per heavy atom. The Kier molecular flexibility index (Phi) is 3.33. The molecule has 3 nitrogen and oxygen atoms in total. The number of halogens is 3. The predicted octanol–water partition coefficient (Wildman–Crippen LogP) is 3.36. The number of pyridine rings is 1. The van der Waals surface area contributed by atoms with Crippen molar-refractivity contribution in [2.24, 2.45) is 0 Å². The summed E-state index contributed by atoms with van der Waals surface area (Å²) in [6, 6.07) is 6.39. The zero-order chi connectivity index (χ0) is 14.0. The van der Waals surface area contributed by atoms with Gasteiger partial charge in [-0.1, -0.05) is 0 Å². The first-order valence-electron chi connectivity index (χ1n) is 5.39. The monoisotopic (exact) mass is 268 g/mol. The maximum Gasteiger partial charge on any atom is 0.416 e. The number of alkyl halides is 3. The summed E-state index contributed by atoms with van der Waals surface area (Å²) in [7, 11) is 1.40. The lowest BCUT2D eigenvalue weighted by atomic mass is 10.0. The molecule has 1 heterocycles.